The molecule has 0 aromatic carbocycles. The van der Waals surface area contributed by atoms with Crippen LogP contribution in [0.4, 0.5) is 19.0 Å². The minimum absolute atomic E-state index is 0.0742. The number of aryl methyl sites for hydroxylation is 1. The van der Waals surface area contributed by atoms with Crippen molar-refractivity contribution in [3.8, 4) is 0 Å². The van der Waals surface area contributed by atoms with E-state index >= 15 is 0 Å². The highest BCUT2D eigenvalue weighted by Crippen LogP contribution is 2.31. The zero-order valence-corrected chi connectivity index (χ0v) is 15.7. The molecule has 1 saturated heterocycles. The van der Waals surface area contributed by atoms with Crippen molar-refractivity contribution in [1.82, 2.24) is 15.3 Å². The first kappa shape index (κ1) is 19.9. The van der Waals surface area contributed by atoms with Crippen LogP contribution in [-0.2, 0) is 11.0 Å². The fourth-order valence-electron chi connectivity index (χ4n) is 4.01. The Morgan fingerprint density at radius 3 is 2.44 bits per heavy atom. The molecule has 1 saturated carbocycles. The number of hydrogen-bond donors (Lipinski definition) is 1. The lowest BCUT2D eigenvalue weighted by molar-refractivity contribution is -0.141. The summed E-state index contributed by atoms with van der Waals surface area (Å²) in [7, 11) is 0. The van der Waals surface area contributed by atoms with E-state index in [4.69, 9.17) is 0 Å². The van der Waals surface area contributed by atoms with E-state index < -0.39 is 11.9 Å². The molecule has 8 heteroatoms. The summed E-state index contributed by atoms with van der Waals surface area (Å²) in [4.78, 5) is 21.9. The second kappa shape index (κ2) is 8.44. The van der Waals surface area contributed by atoms with Gasteiger partial charge in [0.25, 0.3) is 0 Å². The first-order chi connectivity index (χ1) is 12.8. The molecule has 150 valence electrons. The van der Waals surface area contributed by atoms with Gasteiger partial charge in [0.05, 0.1) is 0 Å². The van der Waals surface area contributed by atoms with Crippen LogP contribution >= 0.6 is 0 Å². The van der Waals surface area contributed by atoms with Gasteiger partial charge in [-0.05, 0) is 38.5 Å². The summed E-state index contributed by atoms with van der Waals surface area (Å²) in [6.07, 6.45) is 2.93. The SMILES string of the molecule is Cc1nc(N2CCC(C(=O)NCC3CCCCC3)CC2)cc(C(F)(F)F)n1. The van der Waals surface area contributed by atoms with Crippen LogP contribution in [0, 0.1) is 18.8 Å². The Bertz CT molecular complexity index is 651. The summed E-state index contributed by atoms with van der Waals surface area (Å²) < 4.78 is 38.9. The Balaban J connectivity index is 1.52. The molecule has 2 heterocycles. The van der Waals surface area contributed by atoms with E-state index in [1.54, 1.807) is 0 Å². The van der Waals surface area contributed by atoms with Crippen LogP contribution in [0.5, 0.6) is 0 Å². The van der Waals surface area contributed by atoms with Gasteiger partial charge in [0, 0.05) is 31.6 Å². The van der Waals surface area contributed by atoms with Crippen LogP contribution in [-0.4, -0.2) is 35.5 Å². The topological polar surface area (TPSA) is 58.1 Å². The third-order valence-electron chi connectivity index (χ3n) is 5.59. The van der Waals surface area contributed by atoms with Gasteiger partial charge in [-0.2, -0.15) is 13.2 Å². The average molecular weight is 384 g/mol. The van der Waals surface area contributed by atoms with Crippen LogP contribution < -0.4 is 10.2 Å². The maximum atomic E-state index is 13.0. The minimum atomic E-state index is -4.49. The lowest BCUT2D eigenvalue weighted by atomic mass is 9.89. The number of carbonyl (C=O) groups excluding carboxylic acids is 1. The highest BCUT2D eigenvalue weighted by atomic mass is 19.4. The lowest BCUT2D eigenvalue weighted by Gasteiger charge is -2.33. The van der Waals surface area contributed by atoms with Gasteiger partial charge in [0.1, 0.15) is 17.3 Å². The number of carbonyl (C=O) groups is 1. The smallest absolute Gasteiger partial charge is 0.356 e. The monoisotopic (exact) mass is 384 g/mol. The van der Waals surface area contributed by atoms with Gasteiger partial charge in [-0.3, -0.25) is 4.79 Å². The number of hydrogen-bond acceptors (Lipinski definition) is 4. The molecule has 1 N–H and O–H groups in total. The summed E-state index contributed by atoms with van der Waals surface area (Å²) in [6, 6.07) is 0.997. The Morgan fingerprint density at radius 2 is 1.81 bits per heavy atom. The zero-order valence-electron chi connectivity index (χ0n) is 15.7. The quantitative estimate of drug-likeness (QED) is 0.860. The van der Waals surface area contributed by atoms with Gasteiger partial charge < -0.3 is 10.2 Å². The highest BCUT2D eigenvalue weighted by molar-refractivity contribution is 5.79. The van der Waals surface area contributed by atoms with Crippen molar-refractivity contribution in [1.29, 1.82) is 0 Å². The van der Waals surface area contributed by atoms with Gasteiger partial charge in [0.2, 0.25) is 5.91 Å². The second-order valence-electron chi connectivity index (χ2n) is 7.67. The minimum Gasteiger partial charge on any atom is -0.356 e. The van der Waals surface area contributed by atoms with E-state index in [-0.39, 0.29) is 23.5 Å². The van der Waals surface area contributed by atoms with Crippen molar-refractivity contribution in [2.24, 2.45) is 11.8 Å². The maximum absolute atomic E-state index is 13.0. The molecule has 5 nitrogen and oxygen atoms in total. The molecule has 1 aromatic rings. The third kappa shape index (κ3) is 5.32. The lowest BCUT2D eigenvalue weighted by Crippen LogP contribution is -2.42. The summed E-state index contributed by atoms with van der Waals surface area (Å²) in [5, 5.41) is 3.08. The maximum Gasteiger partial charge on any atom is 0.433 e. The number of anilines is 1. The van der Waals surface area contributed by atoms with Crippen LogP contribution in [0.15, 0.2) is 6.07 Å². The summed E-state index contributed by atoms with van der Waals surface area (Å²) in [5.74, 6) is 0.987. The highest BCUT2D eigenvalue weighted by Gasteiger charge is 2.34. The molecule has 2 aliphatic rings. The first-order valence-electron chi connectivity index (χ1n) is 9.78. The molecular formula is C19H27F3N4O. The normalized spacial score (nSPS) is 19.9. The van der Waals surface area contributed by atoms with Crippen molar-refractivity contribution in [2.75, 3.05) is 24.5 Å². The number of halogens is 3. The van der Waals surface area contributed by atoms with Crippen molar-refractivity contribution in [2.45, 2.75) is 58.0 Å². The van der Waals surface area contributed by atoms with E-state index in [1.165, 1.54) is 39.0 Å². The number of alkyl halides is 3. The predicted molar refractivity (Wildman–Crippen MR) is 96.3 cm³/mol. The Hall–Kier alpha value is -1.86. The average Bonchev–Trinajstić information content (AvgIpc) is 2.66. The fraction of sp³-hybridized carbons (Fsp3) is 0.737. The molecule has 1 amide bonds. The molecule has 3 rings (SSSR count). The van der Waals surface area contributed by atoms with Crippen LogP contribution in [0.2, 0.25) is 0 Å². The number of aromatic nitrogens is 2. The molecule has 0 spiro atoms. The van der Waals surface area contributed by atoms with Gasteiger partial charge in [-0.15, -0.1) is 0 Å². The van der Waals surface area contributed by atoms with E-state index in [2.05, 4.69) is 15.3 Å². The summed E-state index contributed by atoms with van der Waals surface area (Å²) in [6.45, 7) is 3.26. The van der Waals surface area contributed by atoms with E-state index in [1.807, 2.05) is 4.90 Å². The Kier molecular flexibility index (Phi) is 6.22. The molecule has 1 aliphatic carbocycles. The second-order valence-corrected chi connectivity index (χ2v) is 7.67. The number of nitrogens with zero attached hydrogens (tertiary/aromatic N) is 3. The molecule has 2 fully saturated rings. The van der Waals surface area contributed by atoms with E-state index in [9.17, 15) is 18.0 Å². The largest absolute Gasteiger partial charge is 0.433 e. The van der Waals surface area contributed by atoms with Crippen LogP contribution in [0.3, 0.4) is 0 Å². The van der Waals surface area contributed by atoms with Crippen molar-refractivity contribution < 1.29 is 18.0 Å². The molecule has 0 radical (unpaired) electrons. The van der Waals surface area contributed by atoms with Crippen molar-refractivity contribution >= 4 is 11.7 Å². The van der Waals surface area contributed by atoms with E-state index in [0.717, 1.165) is 12.6 Å². The van der Waals surface area contributed by atoms with E-state index in [0.29, 0.717) is 31.8 Å². The standard InChI is InChI=1S/C19H27F3N4O/c1-13-24-16(19(20,21)22)11-17(25-13)26-9-7-15(8-10-26)18(27)23-12-14-5-3-2-4-6-14/h11,14-15H,2-10,12H2,1H3,(H,23,27). The predicted octanol–water partition coefficient (Wildman–Crippen LogP) is 3.72. The molecule has 0 bridgehead atoms. The first-order valence-corrected chi connectivity index (χ1v) is 9.78. The molecule has 1 aliphatic heterocycles. The molecule has 0 atom stereocenters. The number of amides is 1. The molecule has 0 unspecified atom stereocenters. The number of rotatable bonds is 4. The Morgan fingerprint density at radius 1 is 1.15 bits per heavy atom. The van der Waals surface area contributed by atoms with Gasteiger partial charge in [-0.25, -0.2) is 9.97 Å². The molecule has 27 heavy (non-hydrogen) atoms. The fourth-order valence-corrected chi connectivity index (χ4v) is 4.01. The van der Waals surface area contributed by atoms with Crippen LogP contribution in [0.25, 0.3) is 0 Å². The number of piperidine rings is 1. The molecule has 1 aromatic heterocycles. The third-order valence-corrected chi connectivity index (χ3v) is 5.59. The van der Waals surface area contributed by atoms with Gasteiger partial charge >= 0.3 is 6.18 Å². The summed E-state index contributed by atoms with van der Waals surface area (Å²) >= 11 is 0. The Labute approximate surface area is 157 Å². The molecular weight excluding hydrogens is 357 g/mol. The van der Waals surface area contributed by atoms with Crippen molar-refractivity contribution in [3.05, 3.63) is 17.6 Å². The van der Waals surface area contributed by atoms with Crippen molar-refractivity contribution in [3.63, 3.8) is 0 Å². The summed E-state index contributed by atoms with van der Waals surface area (Å²) in [5.41, 5.74) is -0.919. The van der Waals surface area contributed by atoms with Crippen LogP contribution in [0.1, 0.15) is 56.5 Å². The number of nitrogens with one attached hydrogen (secondary N) is 1. The van der Waals surface area contributed by atoms with Gasteiger partial charge in [0.15, 0.2) is 0 Å². The zero-order chi connectivity index (χ0) is 19.4. The van der Waals surface area contributed by atoms with Gasteiger partial charge in [-0.1, -0.05) is 19.3 Å².